The van der Waals surface area contributed by atoms with Crippen LogP contribution in [-0.2, 0) is 23.9 Å². The molecule has 0 radical (unpaired) electrons. The number of Topliss-reactive ketones (excluding diaryl/α,β-unsaturated/α-hetero) is 1. The Labute approximate surface area is 133 Å². The van der Waals surface area contributed by atoms with Crippen LogP contribution in [0.25, 0.3) is 0 Å². The molecule has 9 heteroatoms. The topological polar surface area (TPSA) is 102 Å². The van der Waals surface area contributed by atoms with Crippen molar-refractivity contribution < 1.29 is 23.9 Å². The molecular formula is C12H20N2O5S2. The molecular weight excluding hydrogens is 316 g/mol. The molecule has 0 aromatic heterocycles. The van der Waals surface area contributed by atoms with Gasteiger partial charge in [0.1, 0.15) is 11.8 Å². The first-order valence-corrected chi connectivity index (χ1v) is 7.78. The van der Waals surface area contributed by atoms with Gasteiger partial charge in [0.05, 0.1) is 19.7 Å². The molecule has 2 atom stereocenters. The zero-order chi connectivity index (χ0) is 16.4. The van der Waals surface area contributed by atoms with Crippen molar-refractivity contribution in [2.24, 2.45) is 0 Å². The van der Waals surface area contributed by atoms with Gasteiger partial charge in [-0.15, -0.1) is 0 Å². The van der Waals surface area contributed by atoms with E-state index in [1.54, 1.807) is 0 Å². The summed E-state index contributed by atoms with van der Waals surface area (Å²) in [7, 11) is 1.20. The number of thiol groups is 1. The third-order valence-electron chi connectivity index (χ3n) is 2.32. The fraction of sp³-hybridized carbons (Fsp3) is 0.667. The summed E-state index contributed by atoms with van der Waals surface area (Å²) in [5, 5.41) is 4.93. The second-order valence-electron chi connectivity index (χ2n) is 4.22. The minimum absolute atomic E-state index is 0.0527. The van der Waals surface area contributed by atoms with Crippen molar-refractivity contribution in [2.75, 3.05) is 25.2 Å². The lowest BCUT2D eigenvalue weighted by Gasteiger charge is -2.17. The number of hydrogen-bond acceptors (Lipinski definition) is 8. The first-order valence-electron chi connectivity index (χ1n) is 6.17. The minimum Gasteiger partial charge on any atom is -0.467 e. The summed E-state index contributed by atoms with van der Waals surface area (Å²) < 4.78 is 4.56. The number of rotatable bonds is 9. The molecule has 1 amide bonds. The molecule has 0 saturated heterocycles. The van der Waals surface area contributed by atoms with E-state index in [4.69, 9.17) is 0 Å². The maximum absolute atomic E-state index is 12.0. The number of nitrogens with one attached hydrogen (secondary N) is 2. The van der Waals surface area contributed by atoms with Gasteiger partial charge in [0.15, 0.2) is 0 Å². The lowest BCUT2D eigenvalue weighted by Crippen LogP contribution is -2.44. The number of ether oxygens (including phenoxy) is 1. The summed E-state index contributed by atoms with van der Waals surface area (Å²) in [6.07, 6.45) is 0. The van der Waals surface area contributed by atoms with Crippen LogP contribution in [0.3, 0.4) is 0 Å². The van der Waals surface area contributed by atoms with E-state index in [2.05, 4.69) is 28.0 Å². The molecule has 0 fully saturated rings. The number of amides is 1. The maximum atomic E-state index is 12.0. The van der Waals surface area contributed by atoms with Crippen LogP contribution in [0.4, 0.5) is 0 Å². The van der Waals surface area contributed by atoms with Crippen LogP contribution in [0.15, 0.2) is 0 Å². The quantitative estimate of drug-likeness (QED) is 0.382. The first kappa shape index (κ1) is 19.9. The molecule has 0 rings (SSSR count). The van der Waals surface area contributed by atoms with Crippen molar-refractivity contribution in [1.82, 2.24) is 10.6 Å². The fourth-order valence-electron chi connectivity index (χ4n) is 1.31. The smallest absolute Gasteiger partial charge is 0.329 e. The molecule has 0 aliphatic heterocycles. The van der Waals surface area contributed by atoms with Gasteiger partial charge in [-0.25, -0.2) is 4.79 Å². The largest absolute Gasteiger partial charge is 0.467 e. The molecule has 2 N–H and O–H groups in total. The summed E-state index contributed by atoms with van der Waals surface area (Å²) >= 11 is 4.92. The number of ketones is 1. The van der Waals surface area contributed by atoms with Gasteiger partial charge in [-0.3, -0.25) is 19.7 Å². The maximum Gasteiger partial charge on any atom is 0.329 e. The second kappa shape index (κ2) is 10.6. The Hall–Kier alpha value is -1.06. The molecule has 0 spiro atoms. The minimum atomic E-state index is -0.894. The summed E-state index contributed by atoms with van der Waals surface area (Å²) in [4.78, 5) is 45.3. The van der Waals surface area contributed by atoms with E-state index in [0.717, 1.165) is 11.8 Å². The highest BCUT2D eigenvalue weighted by Crippen LogP contribution is 2.10. The van der Waals surface area contributed by atoms with Crippen LogP contribution in [-0.4, -0.2) is 60.0 Å². The van der Waals surface area contributed by atoms with E-state index in [9.17, 15) is 19.2 Å². The average Bonchev–Trinajstić information content (AvgIpc) is 2.42. The molecule has 0 aromatic rings. The lowest BCUT2D eigenvalue weighted by atomic mass is 10.3. The zero-order valence-corrected chi connectivity index (χ0v) is 13.9. The first-order chi connectivity index (χ1) is 9.81. The number of carbonyl (C=O) groups is 4. The SMILES string of the molecule is COC(=O)C(CSC(=O)C(CS)NCC(C)=O)NC(C)=O. The number of carbonyl (C=O) groups excluding carboxylic acids is 4. The second-order valence-corrected chi connectivity index (χ2v) is 5.61. The van der Waals surface area contributed by atoms with Gasteiger partial charge in [-0.05, 0) is 6.92 Å². The predicted octanol–water partition coefficient (Wildman–Crippen LogP) is -0.599. The van der Waals surface area contributed by atoms with Gasteiger partial charge < -0.3 is 10.1 Å². The Bertz CT molecular complexity index is 403. The average molecular weight is 336 g/mol. The molecule has 0 bridgehead atoms. The van der Waals surface area contributed by atoms with Gasteiger partial charge in [0.25, 0.3) is 0 Å². The van der Waals surface area contributed by atoms with Crippen LogP contribution in [0.5, 0.6) is 0 Å². The van der Waals surface area contributed by atoms with Crippen molar-refractivity contribution in [2.45, 2.75) is 25.9 Å². The van der Waals surface area contributed by atoms with Crippen LogP contribution in [0.1, 0.15) is 13.8 Å². The van der Waals surface area contributed by atoms with E-state index in [1.165, 1.54) is 21.0 Å². The highest BCUT2D eigenvalue weighted by Gasteiger charge is 2.24. The summed E-state index contributed by atoms with van der Waals surface area (Å²) in [5.41, 5.74) is 0. The number of thioether (sulfide) groups is 1. The monoisotopic (exact) mass is 336 g/mol. The van der Waals surface area contributed by atoms with Crippen molar-refractivity contribution in [3.63, 3.8) is 0 Å². The molecule has 0 heterocycles. The summed E-state index contributed by atoms with van der Waals surface area (Å²) in [5.74, 6) is -0.826. The van der Waals surface area contributed by atoms with Gasteiger partial charge in [-0.1, -0.05) is 11.8 Å². The Morgan fingerprint density at radius 1 is 1.19 bits per heavy atom. The summed E-state index contributed by atoms with van der Waals surface area (Å²) in [6.45, 7) is 2.75. The third kappa shape index (κ3) is 8.74. The van der Waals surface area contributed by atoms with Gasteiger partial charge >= 0.3 is 5.97 Å². The normalized spacial score (nSPS) is 13.1. The lowest BCUT2D eigenvalue weighted by molar-refractivity contribution is -0.144. The van der Waals surface area contributed by atoms with E-state index < -0.39 is 18.1 Å². The van der Waals surface area contributed by atoms with Gasteiger partial charge in [-0.2, -0.15) is 12.6 Å². The van der Waals surface area contributed by atoms with Crippen LogP contribution < -0.4 is 10.6 Å². The molecule has 21 heavy (non-hydrogen) atoms. The van der Waals surface area contributed by atoms with E-state index in [0.29, 0.717) is 0 Å². The number of methoxy groups -OCH3 is 1. The van der Waals surface area contributed by atoms with Crippen molar-refractivity contribution in [3.05, 3.63) is 0 Å². The van der Waals surface area contributed by atoms with E-state index >= 15 is 0 Å². The van der Waals surface area contributed by atoms with Crippen LogP contribution in [0.2, 0.25) is 0 Å². The Morgan fingerprint density at radius 3 is 2.24 bits per heavy atom. The van der Waals surface area contributed by atoms with Gasteiger partial charge in [0.2, 0.25) is 11.0 Å². The van der Waals surface area contributed by atoms with E-state index in [-0.39, 0.29) is 34.9 Å². The molecule has 2 unspecified atom stereocenters. The van der Waals surface area contributed by atoms with Gasteiger partial charge in [0, 0.05) is 18.4 Å². The Morgan fingerprint density at radius 2 is 1.81 bits per heavy atom. The highest BCUT2D eigenvalue weighted by atomic mass is 32.2. The predicted molar refractivity (Wildman–Crippen MR) is 83.4 cm³/mol. The molecule has 0 aromatic carbocycles. The van der Waals surface area contributed by atoms with Crippen molar-refractivity contribution in [3.8, 4) is 0 Å². The molecule has 0 aliphatic rings. The standard InChI is InChI=1S/C12H20N2O5S2/c1-7(15)4-13-9(5-20)12(18)21-6-10(11(17)19-3)14-8(2)16/h9-10,13,20H,4-6H2,1-3H3,(H,14,16). The van der Waals surface area contributed by atoms with Crippen LogP contribution >= 0.6 is 24.4 Å². The van der Waals surface area contributed by atoms with Crippen molar-refractivity contribution >= 4 is 47.2 Å². The number of esters is 1. The third-order valence-corrected chi connectivity index (χ3v) is 3.75. The molecule has 7 nitrogen and oxygen atoms in total. The number of hydrogen-bond donors (Lipinski definition) is 3. The summed E-state index contributed by atoms with van der Waals surface area (Å²) in [6, 6.07) is -1.49. The highest BCUT2D eigenvalue weighted by molar-refractivity contribution is 8.13. The van der Waals surface area contributed by atoms with Crippen LogP contribution in [0, 0.1) is 0 Å². The van der Waals surface area contributed by atoms with E-state index in [1.807, 2.05) is 0 Å². The fourth-order valence-corrected chi connectivity index (χ4v) is 2.65. The zero-order valence-electron chi connectivity index (χ0n) is 12.2. The molecule has 0 aliphatic carbocycles. The Kier molecular flexibility index (Phi) is 10.1. The Balaban J connectivity index is 4.47. The molecule has 120 valence electrons. The molecule has 0 saturated carbocycles. The van der Waals surface area contributed by atoms with Crippen molar-refractivity contribution in [1.29, 1.82) is 0 Å².